The molecule has 3 nitrogen and oxygen atoms in total. The second-order valence-corrected chi connectivity index (χ2v) is 4.61. The van der Waals surface area contributed by atoms with Crippen LogP contribution in [0.2, 0.25) is 0 Å². The molecule has 1 amide bonds. The first-order valence-corrected chi connectivity index (χ1v) is 5.37. The van der Waals surface area contributed by atoms with Gasteiger partial charge in [0.25, 0.3) is 6.43 Å². The van der Waals surface area contributed by atoms with Crippen molar-refractivity contribution in [1.82, 2.24) is 10.0 Å². The highest BCUT2D eigenvalue weighted by molar-refractivity contribution is 5.85. The van der Waals surface area contributed by atoms with Crippen LogP contribution in [0.25, 0.3) is 0 Å². The number of halogens is 2. The van der Waals surface area contributed by atoms with Gasteiger partial charge in [-0.2, -0.15) is 0 Å². The van der Waals surface area contributed by atoms with Crippen molar-refractivity contribution in [2.45, 2.75) is 39.2 Å². The number of hydrogen-bond acceptors (Lipinski definition) is 2. The van der Waals surface area contributed by atoms with Gasteiger partial charge in [-0.25, -0.2) is 13.8 Å². The minimum absolute atomic E-state index is 0.123. The molecule has 15 heavy (non-hydrogen) atoms. The Kier molecular flexibility index (Phi) is 2.45. The van der Waals surface area contributed by atoms with E-state index in [1.807, 2.05) is 6.92 Å². The van der Waals surface area contributed by atoms with Gasteiger partial charge in [0, 0.05) is 19.1 Å². The first-order chi connectivity index (χ1) is 7.00. The van der Waals surface area contributed by atoms with Crippen LogP contribution in [-0.4, -0.2) is 41.5 Å². The molecule has 0 spiro atoms. The van der Waals surface area contributed by atoms with Gasteiger partial charge in [0.15, 0.2) is 0 Å². The van der Waals surface area contributed by atoms with Gasteiger partial charge in [-0.1, -0.05) is 6.92 Å². The lowest BCUT2D eigenvalue weighted by atomic mass is 9.90. The standard InChI is InChI=1S/C10H16F2N2O/c1-3-7-4-5-13-6-10(2,8(11)12)9(15)14(7)13/h7-8H,3-6H2,1-2H3/t7-,10-/m0/s1. The summed E-state index contributed by atoms with van der Waals surface area (Å²) in [6.07, 6.45) is -0.837. The fraction of sp³-hybridized carbons (Fsp3) is 0.900. The van der Waals surface area contributed by atoms with Gasteiger partial charge < -0.3 is 0 Å². The van der Waals surface area contributed by atoms with Crippen LogP contribution in [0, 0.1) is 5.41 Å². The third kappa shape index (κ3) is 1.36. The summed E-state index contributed by atoms with van der Waals surface area (Å²) in [4.78, 5) is 11.9. The monoisotopic (exact) mass is 218 g/mol. The molecule has 0 aromatic heterocycles. The molecule has 0 aromatic carbocycles. The summed E-state index contributed by atoms with van der Waals surface area (Å²) in [6.45, 7) is 4.25. The fourth-order valence-corrected chi connectivity index (χ4v) is 2.46. The number of hydrazine groups is 1. The summed E-state index contributed by atoms with van der Waals surface area (Å²) in [6, 6.07) is 0.123. The Labute approximate surface area is 88.0 Å². The highest BCUT2D eigenvalue weighted by atomic mass is 19.3. The summed E-state index contributed by atoms with van der Waals surface area (Å²) >= 11 is 0. The van der Waals surface area contributed by atoms with E-state index in [0.717, 1.165) is 19.4 Å². The highest BCUT2D eigenvalue weighted by Gasteiger charge is 2.56. The summed E-state index contributed by atoms with van der Waals surface area (Å²) in [5.74, 6) is -0.401. The summed E-state index contributed by atoms with van der Waals surface area (Å²) < 4.78 is 25.7. The van der Waals surface area contributed by atoms with E-state index in [9.17, 15) is 13.6 Å². The predicted molar refractivity (Wildman–Crippen MR) is 51.2 cm³/mol. The van der Waals surface area contributed by atoms with Gasteiger partial charge >= 0.3 is 0 Å². The molecule has 2 aliphatic heterocycles. The van der Waals surface area contributed by atoms with Crippen molar-refractivity contribution in [3.63, 3.8) is 0 Å². The van der Waals surface area contributed by atoms with Crippen LogP contribution in [0.15, 0.2) is 0 Å². The first-order valence-electron chi connectivity index (χ1n) is 5.37. The Balaban J connectivity index is 2.23. The topological polar surface area (TPSA) is 23.6 Å². The lowest BCUT2D eigenvalue weighted by molar-refractivity contribution is -0.147. The van der Waals surface area contributed by atoms with Crippen LogP contribution in [0.5, 0.6) is 0 Å². The second-order valence-electron chi connectivity index (χ2n) is 4.61. The number of fused-ring (bicyclic) bond motifs is 1. The summed E-state index contributed by atoms with van der Waals surface area (Å²) in [5.41, 5.74) is -1.49. The molecule has 0 aliphatic carbocycles. The molecule has 0 saturated carbocycles. The Morgan fingerprint density at radius 1 is 1.60 bits per heavy atom. The van der Waals surface area contributed by atoms with Crippen LogP contribution in [0.4, 0.5) is 8.78 Å². The Hall–Kier alpha value is -0.710. The molecule has 2 atom stereocenters. The molecular formula is C10H16F2N2O. The molecular weight excluding hydrogens is 202 g/mol. The largest absolute Gasteiger partial charge is 0.272 e. The number of rotatable bonds is 2. The molecule has 86 valence electrons. The summed E-state index contributed by atoms with van der Waals surface area (Å²) in [5, 5.41) is 3.34. The average Bonchev–Trinajstić information content (AvgIpc) is 2.68. The minimum Gasteiger partial charge on any atom is -0.272 e. The molecule has 2 rings (SSSR count). The van der Waals surface area contributed by atoms with Crippen molar-refractivity contribution in [2.24, 2.45) is 5.41 Å². The molecule has 2 saturated heterocycles. The Morgan fingerprint density at radius 3 is 2.80 bits per heavy atom. The van der Waals surface area contributed by atoms with Crippen molar-refractivity contribution in [1.29, 1.82) is 0 Å². The van der Waals surface area contributed by atoms with Crippen molar-refractivity contribution in [3.05, 3.63) is 0 Å². The molecule has 2 aliphatic rings. The maximum Gasteiger partial charge on any atom is 0.254 e. The van der Waals surface area contributed by atoms with E-state index in [1.165, 1.54) is 6.92 Å². The van der Waals surface area contributed by atoms with Crippen LogP contribution >= 0.6 is 0 Å². The van der Waals surface area contributed by atoms with Crippen LogP contribution in [0.3, 0.4) is 0 Å². The molecule has 0 N–H and O–H groups in total. The Morgan fingerprint density at radius 2 is 2.27 bits per heavy atom. The average molecular weight is 218 g/mol. The fourth-order valence-electron chi connectivity index (χ4n) is 2.46. The number of nitrogens with zero attached hydrogens (tertiary/aromatic N) is 2. The zero-order chi connectivity index (χ0) is 11.2. The zero-order valence-electron chi connectivity index (χ0n) is 9.04. The van der Waals surface area contributed by atoms with E-state index in [0.29, 0.717) is 0 Å². The van der Waals surface area contributed by atoms with Crippen molar-refractivity contribution in [2.75, 3.05) is 13.1 Å². The number of hydrogen-bond donors (Lipinski definition) is 0. The van der Waals surface area contributed by atoms with E-state index in [2.05, 4.69) is 0 Å². The van der Waals surface area contributed by atoms with E-state index in [4.69, 9.17) is 0 Å². The van der Waals surface area contributed by atoms with Gasteiger partial charge in [0.1, 0.15) is 5.41 Å². The molecule has 2 fully saturated rings. The van der Waals surface area contributed by atoms with Crippen LogP contribution < -0.4 is 0 Å². The number of alkyl halides is 2. The Bertz CT molecular complexity index is 285. The second kappa shape index (κ2) is 3.40. The third-order valence-electron chi connectivity index (χ3n) is 3.53. The molecule has 0 unspecified atom stereocenters. The predicted octanol–water partition coefficient (Wildman–Crippen LogP) is 1.50. The third-order valence-corrected chi connectivity index (χ3v) is 3.53. The maximum atomic E-state index is 12.8. The highest BCUT2D eigenvalue weighted by Crippen LogP contribution is 2.40. The normalized spacial score (nSPS) is 36.7. The molecule has 0 aromatic rings. The van der Waals surface area contributed by atoms with Gasteiger partial charge in [-0.15, -0.1) is 0 Å². The lowest BCUT2D eigenvalue weighted by Crippen LogP contribution is -2.42. The van der Waals surface area contributed by atoms with E-state index < -0.39 is 17.7 Å². The van der Waals surface area contributed by atoms with Crippen molar-refractivity contribution < 1.29 is 13.6 Å². The van der Waals surface area contributed by atoms with Crippen LogP contribution in [-0.2, 0) is 4.79 Å². The maximum absolute atomic E-state index is 12.8. The van der Waals surface area contributed by atoms with Gasteiger partial charge in [-0.3, -0.25) is 9.80 Å². The van der Waals surface area contributed by atoms with Gasteiger partial charge in [-0.05, 0) is 19.8 Å². The van der Waals surface area contributed by atoms with Gasteiger partial charge in [0.2, 0.25) is 5.91 Å². The number of carbonyl (C=O) groups is 1. The molecule has 2 heterocycles. The van der Waals surface area contributed by atoms with Crippen LogP contribution in [0.1, 0.15) is 26.7 Å². The SMILES string of the molecule is CC[C@H]1CCN2C[C@@](C)(C(F)F)C(=O)N12. The van der Waals surface area contributed by atoms with E-state index in [-0.39, 0.29) is 12.6 Å². The molecule has 5 heteroatoms. The van der Waals surface area contributed by atoms with Crippen molar-refractivity contribution in [3.8, 4) is 0 Å². The van der Waals surface area contributed by atoms with E-state index in [1.54, 1.807) is 10.0 Å². The smallest absolute Gasteiger partial charge is 0.254 e. The minimum atomic E-state index is -2.58. The number of amides is 1. The quantitative estimate of drug-likeness (QED) is 0.701. The molecule has 0 bridgehead atoms. The van der Waals surface area contributed by atoms with E-state index >= 15 is 0 Å². The zero-order valence-corrected chi connectivity index (χ0v) is 9.04. The number of carbonyl (C=O) groups excluding carboxylic acids is 1. The lowest BCUT2D eigenvalue weighted by Gasteiger charge is -2.25. The first kappa shape index (κ1) is 10.8. The van der Waals surface area contributed by atoms with Gasteiger partial charge in [0.05, 0.1) is 0 Å². The molecule has 0 radical (unpaired) electrons. The van der Waals surface area contributed by atoms with Crippen molar-refractivity contribution >= 4 is 5.91 Å². The summed E-state index contributed by atoms with van der Waals surface area (Å²) in [7, 11) is 0.